The summed E-state index contributed by atoms with van der Waals surface area (Å²) in [5, 5.41) is 2.92. The minimum Gasteiger partial charge on any atom is -0.497 e. The van der Waals surface area contributed by atoms with Crippen molar-refractivity contribution >= 4 is 17.8 Å². The first-order chi connectivity index (χ1) is 14.0. The van der Waals surface area contributed by atoms with E-state index in [-0.39, 0.29) is 11.8 Å². The molecule has 1 N–H and O–H groups in total. The van der Waals surface area contributed by atoms with Crippen LogP contribution >= 0.6 is 0 Å². The van der Waals surface area contributed by atoms with Gasteiger partial charge in [0.05, 0.1) is 7.11 Å². The molecule has 2 aromatic rings. The maximum absolute atomic E-state index is 12.6. The monoisotopic (exact) mass is 397 g/mol. The molecule has 1 saturated heterocycles. The van der Waals surface area contributed by atoms with E-state index in [1.54, 1.807) is 25.0 Å². The highest BCUT2D eigenvalue weighted by molar-refractivity contribution is 5.92. The number of anilines is 1. The van der Waals surface area contributed by atoms with E-state index < -0.39 is 0 Å². The molecule has 1 aliphatic rings. The summed E-state index contributed by atoms with van der Waals surface area (Å²) in [5.41, 5.74) is 2.22. The maximum Gasteiger partial charge on any atom is 0.270 e. The number of amides is 2. The van der Waals surface area contributed by atoms with Crippen LogP contribution in [0.4, 0.5) is 5.95 Å². The lowest BCUT2D eigenvalue weighted by molar-refractivity contribution is -0.129. The van der Waals surface area contributed by atoms with Crippen LogP contribution in [-0.2, 0) is 11.2 Å². The number of benzene rings is 1. The summed E-state index contributed by atoms with van der Waals surface area (Å²) >= 11 is 0. The first kappa shape index (κ1) is 20.6. The van der Waals surface area contributed by atoms with Gasteiger partial charge in [-0.05, 0) is 37.1 Å². The van der Waals surface area contributed by atoms with Crippen molar-refractivity contribution in [3.05, 3.63) is 47.3 Å². The highest BCUT2D eigenvalue weighted by Gasteiger charge is 2.21. The topological polar surface area (TPSA) is 87.7 Å². The number of rotatable bonds is 6. The number of hydrogen-bond acceptors (Lipinski definition) is 6. The van der Waals surface area contributed by atoms with Crippen molar-refractivity contribution < 1.29 is 14.3 Å². The third-order valence-electron chi connectivity index (χ3n) is 4.94. The van der Waals surface area contributed by atoms with Crippen molar-refractivity contribution in [2.75, 3.05) is 44.7 Å². The highest BCUT2D eigenvalue weighted by Crippen LogP contribution is 2.14. The van der Waals surface area contributed by atoms with Gasteiger partial charge in [-0.3, -0.25) is 9.59 Å². The number of methoxy groups -OCH3 is 1. The molecule has 1 fully saturated rings. The van der Waals surface area contributed by atoms with Gasteiger partial charge in [-0.2, -0.15) is 0 Å². The van der Waals surface area contributed by atoms with Gasteiger partial charge in [0.1, 0.15) is 11.4 Å². The number of aryl methyl sites for hydroxylation is 1. The van der Waals surface area contributed by atoms with Gasteiger partial charge in [0.25, 0.3) is 5.91 Å². The minimum absolute atomic E-state index is 0.0757. The molecule has 0 unspecified atom stereocenters. The van der Waals surface area contributed by atoms with Gasteiger partial charge in [0, 0.05) is 45.3 Å². The second-order valence-electron chi connectivity index (χ2n) is 7.04. The fraction of sp³-hybridized carbons (Fsp3) is 0.429. The second-order valence-corrected chi connectivity index (χ2v) is 7.04. The summed E-state index contributed by atoms with van der Waals surface area (Å²) < 4.78 is 5.15. The zero-order valence-electron chi connectivity index (χ0n) is 17.1. The van der Waals surface area contributed by atoms with E-state index in [1.807, 2.05) is 36.1 Å². The standard InChI is InChI=1S/C21H27N5O3/c1-15-14-19(20(28)22-9-8-17-4-6-18(29-3)7-5-17)24-21(23-15)26-12-10-25(11-13-26)16(2)27/h4-7,14H,8-13H2,1-3H3,(H,22,28). The quantitative estimate of drug-likeness (QED) is 0.794. The molecule has 154 valence electrons. The Morgan fingerprint density at radius 1 is 1.10 bits per heavy atom. The fourth-order valence-corrected chi connectivity index (χ4v) is 3.24. The Balaban J connectivity index is 1.58. The van der Waals surface area contributed by atoms with Crippen molar-refractivity contribution in [2.45, 2.75) is 20.3 Å². The minimum atomic E-state index is -0.215. The van der Waals surface area contributed by atoms with Crippen LogP contribution in [0.15, 0.2) is 30.3 Å². The molecular weight excluding hydrogens is 370 g/mol. The highest BCUT2D eigenvalue weighted by atomic mass is 16.5. The van der Waals surface area contributed by atoms with Crippen LogP contribution in [0.2, 0.25) is 0 Å². The number of piperazine rings is 1. The first-order valence-electron chi connectivity index (χ1n) is 9.73. The summed E-state index contributed by atoms with van der Waals surface area (Å²) in [6.07, 6.45) is 0.722. The predicted molar refractivity (Wildman–Crippen MR) is 110 cm³/mol. The zero-order chi connectivity index (χ0) is 20.8. The molecule has 0 saturated carbocycles. The Morgan fingerprint density at radius 3 is 2.41 bits per heavy atom. The first-order valence-corrected chi connectivity index (χ1v) is 9.73. The average molecular weight is 397 g/mol. The van der Waals surface area contributed by atoms with Crippen LogP contribution in [0.5, 0.6) is 5.75 Å². The molecule has 8 heteroatoms. The van der Waals surface area contributed by atoms with Gasteiger partial charge >= 0.3 is 0 Å². The van der Waals surface area contributed by atoms with E-state index in [0.29, 0.717) is 44.4 Å². The van der Waals surface area contributed by atoms with Crippen LogP contribution in [0.3, 0.4) is 0 Å². The molecule has 0 bridgehead atoms. The molecule has 29 heavy (non-hydrogen) atoms. The lowest BCUT2D eigenvalue weighted by Crippen LogP contribution is -2.48. The lowest BCUT2D eigenvalue weighted by Gasteiger charge is -2.34. The molecule has 3 rings (SSSR count). The van der Waals surface area contributed by atoms with Crippen LogP contribution < -0.4 is 15.0 Å². The van der Waals surface area contributed by atoms with Gasteiger partial charge in [-0.1, -0.05) is 12.1 Å². The van der Waals surface area contributed by atoms with E-state index >= 15 is 0 Å². The summed E-state index contributed by atoms with van der Waals surface area (Å²) in [6, 6.07) is 9.47. The Morgan fingerprint density at radius 2 is 1.79 bits per heavy atom. The molecule has 1 aromatic carbocycles. The Bertz CT molecular complexity index is 861. The van der Waals surface area contributed by atoms with Crippen LogP contribution in [0, 0.1) is 6.92 Å². The Kier molecular flexibility index (Phi) is 6.64. The molecule has 8 nitrogen and oxygen atoms in total. The van der Waals surface area contributed by atoms with Crippen molar-refractivity contribution in [2.24, 2.45) is 0 Å². The largest absolute Gasteiger partial charge is 0.497 e. The zero-order valence-corrected chi connectivity index (χ0v) is 17.1. The van der Waals surface area contributed by atoms with Crippen LogP contribution in [0.25, 0.3) is 0 Å². The number of nitrogens with zero attached hydrogens (tertiary/aromatic N) is 4. The SMILES string of the molecule is COc1ccc(CCNC(=O)c2cc(C)nc(N3CCN(C(C)=O)CC3)n2)cc1. The van der Waals surface area contributed by atoms with E-state index in [1.165, 1.54) is 0 Å². The predicted octanol–water partition coefficient (Wildman–Crippen LogP) is 1.43. The molecule has 0 spiro atoms. The molecule has 0 aliphatic carbocycles. The van der Waals surface area contributed by atoms with E-state index in [4.69, 9.17) is 4.74 Å². The number of nitrogens with one attached hydrogen (secondary N) is 1. The van der Waals surface area contributed by atoms with E-state index in [0.717, 1.165) is 23.4 Å². The maximum atomic E-state index is 12.6. The van der Waals surface area contributed by atoms with Gasteiger partial charge in [-0.15, -0.1) is 0 Å². The fourth-order valence-electron chi connectivity index (χ4n) is 3.24. The normalized spacial score (nSPS) is 13.9. The average Bonchev–Trinajstić information content (AvgIpc) is 2.73. The van der Waals surface area contributed by atoms with Crippen molar-refractivity contribution in [3.8, 4) is 5.75 Å². The van der Waals surface area contributed by atoms with Gasteiger partial charge in [0.2, 0.25) is 11.9 Å². The van der Waals surface area contributed by atoms with Crippen molar-refractivity contribution in [1.29, 1.82) is 0 Å². The number of aromatic nitrogens is 2. The van der Waals surface area contributed by atoms with E-state index in [9.17, 15) is 9.59 Å². The summed E-state index contributed by atoms with van der Waals surface area (Å²) in [6.45, 7) is 6.52. The van der Waals surface area contributed by atoms with Gasteiger partial charge in [-0.25, -0.2) is 9.97 Å². The molecule has 2 amide bonds. The van der Waals surface area contributed by atoms with E-state index in [2.05, 4.69) is 15.3 Å². The van der Waals surface area contributed by atoms with Crippen LogP contribution in [-0.4, -0.2) is 66.5 Å². The lowest BCUT2D eigenvalue weighted by atomic mass is 10.1. The Labute approximate surface area is 170 Å². The second kappa shape index (κ2) is 9.36. The summed E-state index contributed by atoms with van der Waals surface area (Å²) in [7, 11) is 1.64. The number of hydrogen-bond donors (Lipinski definition) is 1. The number of carbonyl (C=O) groups is 2. The van der Waals surface area contributed by atoms with Gasteiger partial charge < -0.3 is 19.9 Å². The smallest absolute Gasteiger partial charge is 0.270 e. The van der Waals surface area contributed by atoms with Crippen LogP contribution in [0.1, 0.15) is 28.7 Å². The molecule has 1 aromatic heterocycles. The molecule has 2 heterocycles. The number of carbonyl (C=O) groups excluding carboxylic acids is 2. The Hall–Kier alpha value is -3.16. The molecular formula is C21H27N5O3. The molecule has 1 aliphatic heterocycles. The number of ether oxygens (including phenoxy) is 1. The summed E-state index contributed by atoms with van der Waals surface area (Å²) in [4.78, 5) is 36.8. The van der Waals surface area contributed by atoms with Gasteiger partial charge in [0.15, 0.2) is 0 Å². The van der Waals surface area contributed by atoms with Crippen molar-refractivity contribution in [3.63, 3.8) is 0 Å². The summed E-state index contributed by atoms with van der Waals surface area (Å²) in [5.74, 6) is 1.21. The third kappa shape index (κ3) is 5.43. The van der Waals surface area contributed by atoms with Crippen molar-refractivity contribution in [1.82, 2.24) is 20.2 Å². The third-order valence-corrected chi connectivity index (χ3v) is 4.94. The molecule has 0 radical (unpaired) electrons. The molecule has 0 atom stereocenters.